The number of halogens is 1. The molecule has 0 unspecified atom stereocenters. The minimum atomic E-state index is -0.268. The highest BCUT2D eigenvalue weighted by atomic mass is 19.1. The van der Waals surface area contributed by atoms with Crippen molar-refractivity contribution in [1.29, 1.82) is 0 Å². The summed E-state index contributed by atoms with van der Waals surface area (Å²) in [5, 5.41) is 9.75. The minimum Gasteiger partial charge on any atom is -0.507 e. The summed E-state index contributed by atoms with van der Waals surface area (Å²) in [5.74, 6) is 0.523. The van der Waals surface area contributed by atoms with Gasteiger partial charge in [-0.05, 0) is 42.8 Å². The Labute approximate surface area is 117 Å². The summed E-state index contributed by atoms with van der Waals surface area (Å²) in [6.45, 7) is 1.90. The van der Waals surface area contributed by atoms with E-state index >= 15 is 0 Å². The molecule has 0 saturated carbocycles. The molecule has 4 heteroatoms. The number of nitrogens with zero attached hydrogens (tertiary/aromatic N) is 1. The first-order chi connectivity index (χ1) is 9.60. The van der Waals surface area contributed by atoms with E-state index in [0.29, 0.717) is 11.3 Å². The lowest BCUT2D eigenvalue weighted by Crippen LogP contribution is -1.92. The maximum absolute atomic E-state index is 12.9. The Hall–Kier alpha value is -2.36. The molecule has 0 aliphatic rings. The molecule has 0 aromatic heterocycles. The third kappa shape index (κ3) is 3.35. The van der Waals surface area contributed by atoms with E-state index < -0.39 is 0 Å². The largest absolute Gasteiger partial charge is 0.507 e. The Morgan fingerprint density at radius 2 is 1.90 bits per heavy atom. The predicted molar refractivity (Wildman–Crippen MR) is 77.1 cm³/mol. The molecule has 1 N–H and O–H groups in total. The molecule has 1 atom stereocenters. The van der Waals surface area contributed by atoms with E-state index in [1.54, 1.807) is 43.7 Å². The second-order valence-electron chi connectivity index (χ2n) is 4.43. The van der Waals surface area contributed by atoms with Gasteiger partial charge in [-0.25, -0.2) is 4.39 Å². The van der Waals surface area contributed by atoms with Crippen LogP contribution < -0.4 is 4.74 Å². The van der Waals surface area contributed by atoms with Crippen molar-refractivity contribution in [2.75, 3.05) is 7.11 Å². The molecule has 0 saturated heterocycles. The van der Waals surface area contributed by atoms with Crippen molar-refractivity contribution in [2.24, 2.45) is 4.99 Å². The van der Waals surface area contributed by atoms with E-state index in [1.165, 1.54) is 12.1 Å². The Balaban J connectivity index is 2.18. The molecule has 2 aromatic carbocycles. The number of rotatable bonds is 4. The number of ether oxygens (including phenoxy) is 1. The van der Waals surface area contributed by atoms with Crippen molar-refractivity contribution >= 4 is 6.21 Å². The summed E-state index contributed by atoms with van der Waals surface area (Å²) in [5.41, 5.74) is 1.49. The fourth-order valence-corrected chi connectivity index (χ4v) is 1.78. The first kappa shape index (κ1) is 14.1. The molecule has 2 aromatic rings. The van der Waals surface area contributed by atoms with Gasteiger partial charge in [-0.3, -0.25) is 4.99 Å². The summed E-state index contributed by atoms with van der Waals surface area (Å²) in [6, 6.07) is 11.0. The van der Waals surface area contributed by atoms with Gasteiger partial charge in [0, 0.05) is 11.8 Å². The van der Waals surface area contributed by atoms with Crippen molar-refractivity contribution in [1.82, 2.24) is 0 Å². The van der Waals surface area contributed by atoms with Gasteiger partial charge in [0.25, 0.3) is 0 Å². The lowest BCUT2D eigenvalue weighted by molar-refractivity contribution is 0.412. The summed E-state index contributed by atoms with van der Waals surface area (Å²) in [4.78, 5) is 4.37. The highest BCUT2D eigenvalue weighted by Gasteiger charge is 2.04. The van der Waals surface area contributed by atoms with E-state index in [-0.39, 0.29) is 17.6 Å². The van der Waals surface area contributed by atoms with Gasteiger partial charge >= 0.3 is 0 Å². The zero-order valence-corrected chi connectivity index (χ0v) is 11.4. The summed E-state index contributed by atoms with van der Waals surface area (Å²) >= 11 is 0. The zero-order chi connectivity index (χ0) is 14.5. The van der Waals surface area contributed by atoms with Crippen molar-refractivity contribution < 1.29 is 14.2 Å². The van der Waals surface area contributed by atoms with Gasteiger partial charge in [0.2, 0.25) is 0 Å². The standard InChI is InChI=1S/C16H16FNO2/c1-11(12-3-5-14(17)6-4-12)18-10-13-9-15(20-2)7-8-16(13)19/h3-11,19H,1-2H3/t11-/m1/s1. The average molecular weight is 273 g/mol. The number of aromatic hydroxyl groups is 1. The second-order valence-corrected chi connectivity index (χ2v) is 4.43. The van der Waals surface area contributed by atoms with Gasteiger partial charge in [0.05, 0.1) is 13.2 Å². The van der Waals surface area contributed by atoms with Gasteiger partial charge in [-0.15, -0.1) is 0 Å². The van der Waals surface area contributed by atoms with Crippen LogP contribution in [0, 0.1) is 5.82 Å². The van der Waals surface area contributed by atoms with Crippen LogP contribution in [0.3, 0.4) is 0 Å². The Bertz CT molecular complexity index is 608. The number of hydrogen-bond donors (Lipinski definition) is 1. The lowest BCUT2D eigenvalue weighted by atomic mass is 10.1. The predicted octanol–water partition coefficient (Wildman–Crippen LogP) is 3.72. The third-order valence-electron chi connectivity index (χ3n) is 3.02. The summed E-state index contributed by atoms with van der Waals surface area (Å²) in [6.07, 6.45) is 1.59. The number of aliphatic imine (C=N–C) groups is 1. The van der Waals surface area contributed by atoms with Gasteiger partial charge in [-0.1, -0.05) is 12.1 Å². The number of benzene rings is 2. The normalized spacial score (nSPS) is 12.6. The molecule has 0 bridgehead atoms. The number of phenolic OH excluding ortho intramolecular Hbond substituents is 1. The zero-order valence-electron chi connectivity index (χ0n) is 11.4. The maximum atomic E-state index is 12.9. The molecule has 2 rings (SSSR count). The highest BCUT2D eigenvalue weighted by molar-refractivity contribution is 5.84. The van der Waals surface area contributed by atoms with E-state index in [9.17, 15) is 9.50 Å². The van der Waals surface area contributed by atoms with Crippen LogP contribution in [0.4, 0.5) is 4.39 Å². The number of phenols is 1. The monoisotopic (exact) mass is 273 g/mol. The van der Waals surface area contributed by atoms with Crippen LogP contribution in [0.1, 0.15) is 24.1 Å². The molecule has 0 spiro atoms. The Kier molecular flexibility index (Phi) is 4.35. The molecule has 20 heavy (non-hydrogen) atoms. The molecule has 0 amide bonds. The maximum Gasteiger partial charge on any atom is 0.124 e. The quantitative estimate of drug-likeness (QED) is 0.863. The highest BCUT2D eigenvalue weighted by Crippen LogP contribution is 2.23. The van der Waals surface area contributed by atoms with Crippen LogP contribution >= 0.6 is 0 Å². The van der Waals surface area contributed by atoms with Gasteiger partial charge in [-0.2, -0.15) is 0 Å². The van der Waals surface area contributed by atoms with E-state index in [2.05, 4.69) is 4.99 Å². The molecular weight excluding hydrogens is 257 g/mol. The topological polar surface area (TPSA) is 41.8 Å². The Morgan fingerprint density at radius 1 is 1.20 bits per heavy atom. The fraction of sp³-hybridized carbons (Fsp3) is 0.188. The van der Waals surface area contributed by atoms with E-state index in [1.807, 2.05) is 6.92 Å². The third-order valence-corrected chi connectivity index (χ3v) is 3.02. The smallest absolute Gasteiger partial charge is 0.124 e. The molecule has 0 aliphatic carbocycles. The molecule has 0 radical (unpaired) electrons. The molecule has 0 fully saturated rings. The molecular formula is C16H16FNO2. The number of methoxy groups -OCH3 is 1. The lowest BCUT2D eigenvalue weighted by Gasteiger charge is -2.07. The average Bonchev–Trinajstić information content (AvgIpc) is 2.47. The fourth-order valence-electron chi connectivity index (χ4n) is 1.78. The number of hydrogen-bond acceptors (Lipinski definition) is 3. The van der Waals surface area contributed by atoms with Crippen molar-refractivity contribution in [2.45, 2.75) is 13.0 Å². The molecule has 3 nitrogen and oxygen atoms in total. The van der Waals surface area contributed by atoms with Gasteiger partial charge in [0.1, 0.15) is 17.3 Å². The van der Waals surface area contributed by atoms with Crippen LogP contribution in [0.15, 0.2) is 47.5 Å². The Morgan fingerprint density at radius 3 is 2.55 bits per heavy atom. The van der Waals surface area contributed by atoms with Gasteiger partial charge < -0.3 is 9.84 Å². The first-order valence-corrected chi connectivity index (χ1v) is 6.26. The van der Waals surface area contributed by atoms with E-state index in [0.717, 1.165) is 5.56 Å². The van der Waals surface area contributed by atoms with Crippen LogP contribution in [0.25, 0.3) is 0 Å². The van der Waals surface area contributed by atoms with Crippen LogP contribution in [-0.4, -0.2) is 18.4 Å². The minimum absolute atomic E-state index is 0.124. The van der Waals surface area contributed by atoms with Crippen molar-refractivity contribution in [3.8, 4) is 11.5 Å². The van der Waals surface area contributed by atoms with Crippen LogP contribution in [0.2, 0.25) is 0 Å². The van der Waals surface area contributed by atoms with Crippen LogP contribution in [-0.2, 0) is 0 Å². The van der Waals surface area contributed by atoms with Gasteiger partial charge in [0.15, 0.2) is 0 Å². The van der Waals surface area contributed by atoms with Crippen LogP contribution in [0.5, 0.6) is 11.5 Å². The first-order valence-electron chi connectivity index (χ1n) is 6.26. The molecule has 0 heterocycles. The van der Waals surface area contributed by atoms with Crippen molar-refractivity contribution in [3.63, 3.8) is 0 Å². The van der Waals surface area contributed by atoms with Crippen molar-refractivity contribution in [3.05, 3.63) is 59.4 Å². The second kappa shape index (κ2) is 6.19. The summed E-state index contributed by atoms with van der Waals surface area (Å²) in [7, 11) is 1.56. The summed E-state index contributed by atoms with van der Waals surface area (Å²) < 4.78 is 18.0. The SMILES string of the molecule is COc1ccc(O)c(C=N[C@H](C)c2ccc(F)cc2)c1. The van der Waals surface area contributed by atoms with E-state index in [4.69, 9.17) is 4.74 Å². The molecule has 0 aliphatic heterocycles. The molecule has 104 valence electrons.